The first kappa shape index (κ1) is 13.3. The van der Waals surface area contributed by atoms with Crippen LogP contribution in [0.15, 0.2) is 24.3 Å². The van der Waals surface area contributed by atoms with Gasteiger partial charge in [0.2, 0.25) is 0 Å². The molecule has 2 N–H and O–H groups in total. The standard InChI is InChI=1S/C12H18ClNO2/c13-6-9-16-8-1-7-14-10-11-2-4-12(15)5-3-11/h2-5,14-15H,1,6-10H2. The highest BCUT2D eigenvalue weighted by Crippen LogP contribution is 2.08. The minimum atomic E-state index is 0.304. The minimum Gasteiger partial charge on any atom is -0.508 e. The van der Waals surface area contributed by atoms with Crippen molar-refractivity contribution in [3.8, 4) is 5.75 Å². The summed E-state index contributed by atoms with van der Waals surface area (Å²) in [6.07, 6.45) is 0.981. The van der Waals surface area contributed by atoms with E-state index in [9.17, 15) is 0 Å². The molecule has 0 aromatic heterocycles. The Morgan fingerprint density at radius 3 is 2.62 bits per heavy atom. The van der Waals surface area contributed by atoms with Crippen molar-refractivity contribution in [3.05, 3.63) is 29.8 Å². The summed E-state index contributed by atoms with van der Waals surface area (Å²) in [6.45, 7) is 3.10. The van der Waals surface area contributed by atoms with E-state index in [2.05, 4.69) is 5.32 Å². The molecule has 0 unspecified atom stereocenters. The van der Waals surface area contributed by atoms with Crippen molar-refractivity contribution in [2.24, 2.45) is 0 Å². The molecule has 0 heterocycles. The number of rotatable bonds is 8. The van der Waals surface area contributed by atoms with Gasteiger partial charge in [-0.05, 0) is 30.7 Å². The van der Waals surface area contributed by atoms with Gasteiger partial charge in [0.1, 0.15) is 5.75 Å². The lowest BCUT2D eigenvalue weighted by molar-refractivity contribution is 0.146. The summed E-state index contributed by atoms with van der Waals surface area (Å²) in [5, 5.41) is 12.4. The third-order valence-electron chi connectivity index (χ3n) is 2.13. The summed E-state index contributed by atoms with van der Waals surface area (Å²) in [5.74, 6) is 0.860. The first-order chi connectivity index (χ1) is 7.83. The van der Waals surface area contributed by atoms with Crippen molar-refractivity contribution in [1.82, 2.24) is 5.32 Å². The summed E-state index contributed by atoms with van der Waals surface area (Å²) in [4.78, 5) is 0. The second-order valence-electron chi connectivity index (χ2n) is 3.50. The van der Waals surface area contributed by atoms with E-state index in [1.165, 1.54) is 5.56 Å². The van der Waals surface area contributed by atoms with Crippen LogP contribution in [0.4, 0.5) is 0 Å². The zero-order valence-corrected chi connectivity index (χ0v) is 10.0. The van der Waals surface area contributed by atoms with Crippen molar-refractivity contribution >= 4 is 11.6 Å². The number of halogens is 1. The lowest BCUT2D eigenvalue weighted by Gasteiger charge is -2.05. The molecule has 1 aromatic rings. The maximum Gasteiger partial charge on any atom is 0.115 e. The Kier molecular flexibility index (Phi) is 6.97. The molecular weight excluding hydrogens is 226 g/mol. The van der Waals surface area contributed by atoms with E-state index in [4.69, 9.17) is 21.4 Å². The number of aromatic hydroxyl groups is 1. The Morgan fingerprint density at radius 2 is 1.94 bits per heavy atom. The average molecular weight is 244 g/mol. The van der Waals surface area contributed by atoms with Crippen LogP contribution < -0.4 is 5.32 Å². The van der Waals surface area contributed by atoms with Gasteiger partial charge >= 0.3 is 0 Å². The monoisotopic (exact) mass is 243 g/mol. The lowest BCUT2D eigenvalue weighted by atomic mass is 10.2. The number of hydrogen-bond acceptors (Lipinski definition) is 3. The summed E-state index contributed by atoms with van der Waals surface area (Å²) < 4.78 is 5.25. The maximum atomic E-state index is 9.10. The first-order valence-electron chi connectivity index (χ1n) is 5.45. The van der Waals surface area contributed by atoms with Crippen molar-refractivity contribution in [1.29, 1.82) is 0 Å². The zero-order valence-electron chi connectivity index (χ0n) is 9.29. The predicted octanol–water partition coefficient (Wildman–Crippen LogP) is 2.13. The molecule has 0 fully saturated rings. The van der Waals surface area contributed by atoms with Crippen LogP contribution in [0.2, 0.25) is 0 Å². The van der Waals surface area contributed by atoms with Crippen molar-refractivity contribution in [2.45, 2.75) is 13.0 Å². The summed E-state index contributed by atoms with van der Waals surface area (Å²) >= 11 is 5.47. The Balaban J connectivity index is 2.01. The van der Waals surface area contributed by atoms with Gasteiger partial charge < -0.3 is 15.2 Å². The minimum absolute atomic E-state index is 0.304. The van der Waals surface area contributed by atoms with Gasteiger partial charge in [0.25, 0.3) is 0 Å². The average Bonchev–Trinajstić information content (AvgIpc) is 2.30. The Labute approximate surface area is 101 Å². The molecule has 0 bridgehead atoms. The van der Waals surface area contributed by atoms with E-state index < -0.39 is 0 Å². The highest BCUT2D eigenvalue weighted by Gasteiger charge is 1.93. The SMILES string of the molecule is Oc1ccc(CNCCCOCCCl)cc1. The number of alkyl halides is 1. The molecule has 0 saturated heterocycles. The quantitative estimate of drug-likeness (QED) is 0.543. The highest BCUT2D eigenvalue weighted by molar-refractivity contribution is 6.17. The Morgan fingerprint density at radius 1 is 1.19 bits per heavy atom. The van der Waals surface area contributed by atoms with Gasteiger partial charge in [0.15, 0.2) is 0 Å². The van der Waals surface area contributed by atoms with Crippen molar-refractivity contribution in [2.75, 3.05) is 25.6 Å². The molecule has 0 radical (unpaired) electrons. The van der Waals surface area contributed by atoms with Gasteiger partial charge in [-0.1, -0.05) is 12.1 Å². The molecule has 0 spiro atoms. The highest BCUT2D eigenvalue weighted by atomic mass is 35.5. The predicted molar refractivity (Wildman–Crippen MR) is 66.0 cm³/mol. The van der Waals surface area contributed by atoms with Crippen LogP contribution in [0.1, 0.15) is 12.0 Å². The van der Waals surface area contributed by atoms with E-state index in [-0.39, 0.29) is 0 Å². The molecule has 0 aliphatic heterocycles. The van der Waals surface area contributed by atoms with Gasteiger partial charge in [-0.3, -0.25) is 0 Å². The number of hydrogen-bond donors (Lipinski definition) is 2. The molecule has 0 aliphatic rings. The fourth-order valence-corrected chi connectivity index (χ4v) is 1.41. The maximum absolute atomic E-state index is 9.10. The number of benzene rings is 1. The molecule has 0 saturated carbocycles. The van der Waals surface area contributed by atoms with Gasteiger partial charge in [0.05, 0.1) is 6.61 Å². The normalized spacial score (nSPS) is 10.6. The first-order valence-corrected chi connectivity index (χ1v) is 5.98. The third kappa shape index (κ3) is 5.95. The molecule has 16 heavy (non-hydrogen) atoms. The fraction of sp³-hybridized carbons (Fsp3) is 0.500. The molecule has 4 heteroatoms. The van der Waals surface area contributed by atoms with Gasteiger partial charge in [-0.2, -0.15) is 0 Å². The summed E-state index contributed by atoms with van der Waals surface area (Å²) in [5.41, 5.74) is 1.17. The Bertz CT molecular complexity index is 277. The van der Waals surface area contributed by atoms with E-state index in [1.54, 1.807) is 12.1 Å². The van der Waals surface area contributed by atoms with Gasteiger partial charge in [-0.15, -0.1) is 11.6 Å². The molecular formula is C12H18ClNO2. The molecule has 3 nitrogen and oxygen atoms in total. The van der Waals surface area contributed by atoms with Crippen LogP contribution >= 0.6 is 11.6 Å². The van der Waals surface area contributed by atoms with E-state index >= 15 is 0 Å². The van der Waals surface area contributed by atoms with Gasteiger partial charge in [-0.25, -0.2) is 0 Å². The zero-order chi connectivity index (χ0) is 11.6. The second kappa shape index (κ2) is 8.39. The second-order valence-corrected chi connectivity index (χ2v) is 3.88. The summed E-state index contributed by atoms with van der Waals surface area (Å²) in [7, 11) is 0. The number of phenols is 1. The van der Waals surface area contributed by atoms with Crippen molar-refractivity contribution in [3.63, 3.8) is 0 Å². The Hall–Kier alpha value is -0.770. The fourth-order valence-electron chi connectivity index (χ4n) is 1.30. The number of nitrogens with one attached hydrogen (secondary N) is 1. The molecule has 0 atom stereocenters. The van der Waals surface area contributed by atoms with Crippen LogP contribution in [0.5, 0.6) is 5.75 Å². The van der Waals surface area contributed by atoms with E-state index in [0.29, 0.717) is 18.2 Å². The van der Waals surface area contributed by atoms with E-state index in [1.807, 2.05) is 12.1 Å². The number of ether oxygens (including phenoxy) is 1. The topological polar surface area (TPSA) is 41.5 Å². The molecule has 90 valence electrons. The van der Waals surface area contributed by atoms with Crippen LogP contribution in [0.3, 0.4) is 0 Å². The molecule has 0 aliphatic carbocycles. The van der Waals surface area contributed by atoms with Crippen LogP contribution in [0.25, 0.3) is 0 Å². The lowest BCUT2D eigenvalue weighted by Crippen LogP contribution is -2.16. The van der Waals surface area contributed by atoms with E-state index in [0.717, 1.165) is 26.1 Å². The van der Waals surface area contributed by atoms with Crippen LogP contribution in [-0.2, 0) is 11.3 Å². The largest absolute Gasteiger partial charge is 0.508 e. The van der Waals surface area contributed by atoms with Gasteiger partial charge in [0, 0.05) is 19.0 Å². The summed E-state index contributed by atoms with van der Waals surface area (Å²) in [6, 6.07) is 7.21. The third-order valence-corrected chi connectivity index (χ3v) is 2.28. The molecule has 1 aromatic carbocycles. The molecule has 0 amide bonds. The van der Waals surface area contributed by atoms with Crippen LogP contribution in [0, 0.1) is 0 Å². The van der Waals surface area contributed by atoms with Crippen molar-refractivity contribution < 1.29 is 9.84 Å². The smallest absolute Gasteiger partial charge is 0.115 e. The van der Waals surface area contributed by atoms with Crippen LogP contribution in [-0.4, -0.2) is 30.7 Å². The molecule has 1 rings (SSSR count). The number of phenolic OH excluding ortho intramolecular Hbond substituents is 1.